The Balaban J connectivity index is 1.94. The van der Waals surface area contributed by atoms with Crippen LogP contribution in [-0.2, 0) is 33.3 Å². The van der Waals surface area contributed by atoms with Gasteiger partial charge < -0.3 is 90.3 Å². The smallest absolute Gasteiger partial charge is 0.364 e. The second kappa shape index (κ2) is 14.6. The number of carbonyl (C=O) groups is 2. The molecule has 0 spiro atoms. The Morgan fingerprint density at radius 1 is 0.907 bits per heavy atom. The van der Waals surface area contributed by atoms with Gasteiger partial charge in [0.05, 0.1) is 32.0 Å². The summed E-state index contributed by atoms with van der Waals surface area (Å²) in [4.78, 5) is 24.3. The summed E-state index contributed by atoms with van der Waals surface area (Å²) >= 11 is 0. The minimum Gasteiger partial charge on any atom is -0.477 e. The molecule has 0 aromatic rings. The number of amides is 1. The molecule has 16 atom stereocenters. The lowest BCUT2D eigenvalue weighted by Gasteiger charge is -2.50. The van der Waals surface area contributed by atoms with Gasteiger partial charge in [-0.3, -0.25) is 4.79 Å². The number of hydrogen-bond donors (Lipinski definition) is 13. The highest BCUT2D eigenvalue weighted by atomic mass is 16.8. The number of hydrogen-bond acceptors (Lipinski definition) is 18. The molecule has 3 fully saturated rings. The maximum absolute atomic E-state index is 12.5. The number of carboxylic acids is 1. The van der Waals surface area contributed by atoms with Crippen LogP contribution in [0.25, 0.3) is 0 Å². The Hall–Kier alpha value is -1.70. The van der Waals surface area contributed by atoms with Crippen molar-refractivity contribution in [2.45, 2.75) is 111 Å². The molecule has 3 rings (SSSR count). The van der Waals surface area contributed by atoms with Gasteiger partial charge in [0.1, 0.15) is 67.1 Å². The Morgan fingerprint density at radius 3 is 2.07 bits per heavy atom. The largest absolute Gasteiger partial charge is 0.477 e. The molecule has 3 saturated heterocycles. The Labute approximate surface area is 243 Å². The van der Waals surface area contributed by atoms with Gasteiger partial charge in [-0.05, 0) is 0 Å². The van der Waals surface area contributed by atoms with Crippen LogP contribution in [0, 0.1) is 0 Å². The van der Waals surface area contributed by atoms with E-state index in [1.807, 2.05) is 0 Å². The quantitative estimate of drug-likeness (QED) is 0.100. The van der Waals surface area contributed by atoms with Gasteiger partial charge in [0, 0.05) is 13.3 Å². The van der Waals surface area contributed by atoms with Crippen molar-refractivity contribution in [1.29, 1.82) is 0 Å². The molecule has 0 radical (unpaired) electrons. The predicted molar refractivity (Wildman–Crippen MR) is 130 cm³/mol. The molecule has 3 aliphatic rings. The molecule has 250 valence electrons. The van der Waals surface area contributed by atoms with Crippen LogP contribution in [-0.4, -0.2) is 191 Å². The molecule has 3 aliphatic heterocycles. The molecule has 0 aromatic heterocycles. The Kier molecular flexibility index (Phi) is 12.1. The highest BCUT2D eigenvalue weighted by Crippen LogP contribution is 2.38. The lowest BCUT2D eigenvalue weighted by Crippen LogP contribution is -2.70. The van der Waals surface area contributed by atoms with Crippen molar-refractivity contribution in [3.8, 4) is 0 Å². The highest BCUT2D eigenvalue weighted by Gasteiger charge is 2.60. The number of aliphatic hydroxyl groups excluding tert-OH is 11. The van der Waals surface area contributed by atoms with Crippen molar-refractivity contribution < 1.29 is 94.6 Å². The van der Waals surface area contributed by atoms with Crippen LogP contribution in [0.4, 0.5) is 0 Å². The molecule has 20 nitrogen and oxygen atoms in total. The van der Waals surface area contributed by atoms with Crippen LogP contribution in [0.15, 0.2) is 0 Å². The fourth-order valence-corrected chi connectivity index (χ4v) is 5.16. The molecule has 0 saturated carbocycles. The van der Waals surface area contributed by atoms with E-state index in [2.05, 4.69) is 5.32 Å². The molecular formula is C23H39NO19. The van der Waals surface area contributed by atoms with E-state index >= 15 is 0 Å². The molecule has 20 heteroatoms. The first kappa shape index (κ1) is 35.8. The standard InChI is InChI=1S/C23H39NO19/c1-6(28)24-11-7(29)2-23(22(37)38,42-18(11)12(31)8(30)3-25)43-19-13(32)9(4-26)40-21(16(19)35)41-17-10(5-27)39-20(36)15(34)14(17)33/h7-21,25-27,29-36H,2-5H2,1H3,(H,24,28)(H,37,38)/t7-,8-,9+,10+,11+,12?,13-,14+,15+,16+,17+,18+,19-,20?,21?,23?/m0/s1. The van der Waals surface area contributed by atoms with Crippen molar-refractivity contribution in [2.24, 2.45) is 0 Å². The number of carbonyl (C=O) groups excluding carboxylic acids is 1. The first-order valence-corrected chi connectivity index (χ1v) is 13.2. The summed E-state index contributed by atoms with van der Waals surface area (Å²) in [6.07, 6.45) is -27.8. The van der Waals surface area contributed by atoms with Crippen LogP contribution < -0.4 is 5.32 Å². The van der Waals surface area contributed by atoms with Gasteiger partial charge in [0.15, 0.2) is 12.6 Å². The third-order valence-electron chi connectivity index (χ3n) is 7.47. The predicted octanol–water partition coefficient (Wildman–Crippen LogP) is -8.22. The number of rotatable bonds is 11. The van der Waals surface area contributed by atoms with Gasteiger partial charge in [-0.2, -0.15) is 0 Å². The molecule has 13 N–H and O–H groups in total. The third-order valence-corrected chi connectivity index (χ3v) is 7.47. The van der Waals surface area contributed by atoms with Crippen LogP contribution >= 0.6 is 0 Å². The first-order valence-electron chi connectivity index (χ1n) is 13.2. The molecule has 4 unspecified atom stereocenters. The van der Waals surface area contributed by atoms with Crippen molar-refractivity contribution in [2.75, 3.05) is 19.8 Å². The maximum atomic E-state index is 12.5. The highest BCUT2D eigenvalue weighted by molar-refractivity contribution is 5.76. The van der Waals surface area contributed by atoms with Gasteiger partial charge in [0.25, 0.3) is 5.79 Å². The van der Waals surface area contributed by atoms with Gasteiger partial charge in [0.2, 0.25) is 5.91 Å². The lowest BCUT2D eigenvalue weighted by molar-refractivity contribution is -0.385. The van der Waals surface area contributed by atoms with Crippen LogP contribution in [0.2, 0.25) is 0 Å². The molecule has 0 bridgehead atoms. The topological polar surface area (TPSA) is 335 Å². The summed E-state index contributed by atoms with van der Waals surface area (Å²) in [6, 6.07) is -1.54. The van der Waals surface area contributed by atoms with Crippen molar-refractivity contribution in [3.05, 3.63) is 0 Å². The van der Waals surface area contributed by atoms with E-state index in [9.17, 15) is 70.9 Å². The summed E-state index contributed by atoms with van der Waals surface area (Å²) in [5, 5.41) is 124. The summed E-state index contributed by atoms with van der Waals surface area (Å²) in [5.41, 5.74) is 0. The van der Waals surface area contributed by atoms with E-state index in [4.69, 9.17) is 23.7 Å². The minimum atomic E-state index is -3.02. The molecule has 3 heterocycles. The van der Waals surface area contributed by atoms with Crippen molar-refractivity contribution >= 4 is 11.9 Å². The van der Waals surface area contributed by atoms with E-state index in [-0.39, 0.29) is 0 Å². The van der Waals surface area contributed by atoms with Gasteiger partial charge in [-0.1, -0.05) is 0 Å². The van der Waals surface area contributed by atoms with Crippen molar-refractivity contribution in [3.63, 3.8) is 0 Å². The average molecular weight is 634 g/mol. The zero-order chi connectivity index (χ0) is 32.4. The normalized spacial score (nSPS) is 45.3. The van der Waals surface area contributed by atoms with E-state index < -0.39 is 136 Å². The average Bonchev–Trinajstić information content (AvgIpc) is 2.96. The molecule has 0 aliphatic carbocycles. The van der Waals surface area contributed by atoms with Crippen molar-refractivity contribution in [1.82, 2.24) is 5.32 Å². The Bertz CT molecular complexity index is 942. The van der Waals surface area contributed by atoms with Crippen LogP contribution in [0.3, 0.4) is 0 Å². The summed E-state index contributed by atoms with van der Waals surface area (Å²) in [7, 11) is 0. The number of aliphatic carboxylic acids is 1. The summed E-state index contributed by atoms with van der Waals surface area (Å²) < 4.78 is 26.8. The van der Waals surface area contributed by atoms with Gasteiger partial charge >= 0.3 is 5.97 Å². The zero-order valence-electron chi connectivity index (χ0n) is 22.7. The summed E-state index contributed by atoms with van der Waals surface area (Å²) in [6.45, 7) is -1.85. The second-order valence-corrected chi connectivity index (χ2v) is 10.5. The second-order valence-electron chi connectivity index (χ2n) is 10.5. The SMILES string of the molecule is CC(=O)N[C@@H]1[C@@H](O)CC(O[C@H]2[C@@H](O)[C@@H](CO)OC(O[C@H]3[C@H](O)[C@@H](O)C(O)O[C@@H]3CO)[C@@H]2O)(C(=O)O)O[C@H]1C(O)[C@@H](O)CO. The van der Waals surface area contributed by atoms with Crippen LogP contribution in [0.5, 0.6) is 0 Å². The van der Waals surface area contributed by atoms with E-state index in [1.54, 1.807) is 0 Å². The summed E-state index contributed by atoms with van der Waals surface area (Å²) in [5.74, 6) is -5.74. The number of nitrogens with one attached hydrogen (secondary N) is 1. The van der Waals surface area contributed by atoms with Gasteiger partial charge in [-0.15, -0.1) is 0 Å². The zero-order valence-corrected chi connectivity index (χ0v) is 22.7. The molecular weight excluding hydrogens is 594 g/mol. The van der Waals surface area contributed by atoms with Crippen LogP contribution in [0.1, 0.15) is 13.3 Å². The number of carboxylic acid groups (broad SMARTS) is 1. The fraction of sp³-hybridized carbons (Fsp3) is 0.913. The maximum Gasteiger partial charge on any atom is 0.364 e. The van der Waals surface area contributed by atoms with Gasteiger partial charge in [-0.25, -0.2) is 4.79 Å². The van der Waals surface area contributed by atoms with E-state index in [0.29, 0.717) is 0 Å². The number of aliphatic hydroxyl groups is 11. The molecule has 1 amide bonds. The van der Waals surface area contributed by atoms with E-state index in [0.717, 1.165) is 6.92 Å². The molecule has 43 heavy (non-hydrogen) atoms. The fourth-order valence-electron chi connectivity index (χ4n) is 5.16. The third kappa shape index (κ3) is 7.41. The Morgan fingerprint density at radius 2 is 1.53 bits per heavy atom. The molecule has 0 aromatic carbocycles. The number of ether oxygens (including phenoxy) is 5. The lowest BCUT2D eigenvalue weighted by atomic mass is 9.88. The van der Waals surface area contributed by atoms with E-state index in [1.165, 1.54) is 0 Å². The monoisotopic (exact) mass is 633 g/mol. The first-order chi connectivity index (χ1) is 20.1. The minimum absolute atomic E-state index is 0.749.